The van der Waals surface area contributed by atoms with E-state index < -0.39 is 4.83 Å². The third-order valence-electron chi connectivity index (χ3n) is 2.13. The number of Topliss-reactive ketones (excluding diaryl/α,β-unsaturated/α-hetero) is 1. The first kappa shape index (κ1) is 11.4. The molecule has 0 aliphatic heterocycles. The minimum atomic E-state index is -0.529. The molecule has 0 aromatic heterocycles. The maximum atomic E-state index is 13.5. The summed E-state index contributed by atoms with van der Waals surface area (Å²) in [6.45, 7) is 3.39. The fourth-order valence-corrected chi connectivity index (χ4v) is 1.89. The highest BCUT2D eigenvalue weighted by Gasteiger charge is 2.19. The molecule has 0 aliphatic rings. The van der Waals surface area contributed by atoms with E-state index in [2.05, 4.69) is 15.9 Å². The van der Waals surface area contributed by atoms with Crippen LogP contribution in [0, 0.1) is 5.82 Å². The van der Waals surface area contributed by atoms with E-state index in [-0.39, 0.29) is 11.6 Å². The molecule has 0 bridgehead atoms. The second kappa shape index (κ2) is 4.69. The quantitative estimate of drug-likeness (QED) is 0.760. The van der Waals surface area contributed by atoms with Crippen molar-refractivity contribution in [3.63, 3.8) is 0 Å². The molecule has 1 aromatic carbocycles. The van der Waals surface area contributed by atoms with Gasteiger partial charge in [-0.25, -0.2) is 4.39 Å². The molecule has 1 unspecified atom stereocenters. The van der Waals surface area contributed by atoms with Gasteiger partial charge in [-0.15, -0.1) is 0 Å². The summed E-state index contributed by atoms with van der Waals surface area (Å²) in [7, 11) is 0. The Morgan fingerprint density at radius 3 is 2.71 bits per heavy atom. The van der Waals surface area contributed by atoms with E-state index in [9.17, 15) is 9.18 Å². The number of aryl methyl sites for hydroxylation is 1. The number of rotatable bonds is 3. The predicted octanol–water partition coefficient (Wildman–Crippen LogP) is 3.41. The van der Waals surface area contributed by atoms with Crippen LogP contribution in [-0.2, 0) is 11.2 Å². The van der Waals surface area contributed by atoms with Crippen molar-refractivity contribution >= 4 is 21.7 Å². The first-order valence-corrected chi connectivity index (χ1v) is 5.41. The Labute approximate surface area is 91.5 Å². The summed E-state index contributed by atoms with van der Waals surface area (Å²) >= 11 is 3.20. The van der Waals surface area contributed by atoms with Crippen molar-refractivity contribution in [1.82, 2.24) is 0 Å². The van der Waals surface area contributed by atoms with E-state index in [1.54, 1.807) is 6.07 Å². The lowest BCUT2D eigenvalue weighted by Gasteiger charge is -2.12. The molecule has 0 saturated carbocycles. The zero-order chi connectivity index (χ0) is 10.7. The second-order valence-electron chi connectivity index (χ2n) is 3.14. The Hall–Kier alpha value is -0.700. The smallest absolute Gasteiger partial charge is 0.147 e. The first-order chi connectivity index (χ1) is 6.57. The molecule has 1 atom stereocenters. The molecule has 1 rings (SSSR count). The summed E-state index contributed by atoms with van der Waals surface area (Å²) in [4.78, 5) is 10.6. The molecule has 14 heavy (non-hydrogen) atoms. The largest absolute Gasteiger partial charge is 0.298 e. The van der Waals surface area contributed by atoms with Gasteiger partial charge in [0.25, 0.3) is 0 Å². The molecule has 0 spiro atoms. The van der Waals surface area contributed by atoms with Crippen LogP contribution in [0.3, 0.4) is 0 Å². The van der Waals surface area contributed by atoms with Crippen molar-refractivity contribution in [3.05, 3.63) is 35.1 Å². The Morgan fingerprint density at radius 2 is 2.21 bits per heavy atom. The second-order valence-corrected chi connectivity index (χ2v) is 4.06. The van der Waals surface area contributed by atoms with E-state index in [0.717, 1.165) is 12.0 Å². The third-order valence-corrected chi connectivity index (χ3v) is 3.24. The number of carbonyl (C=O) groups is 1. The van der Waals surface area contributed by atoms with Gasteiger partial charge in [-0.05, 0) is 25.0 Å². The lowest BCUT2D eigenvalue weighted by molar-refractivity contribution is -0.116. The van der Waals surface area contributed by atoms with Gasteiger partial charge >= 0.3 is 0 Å². The number of hydrogen-bond acceptors (Lipinski definition) is 1. The Bertz CT molecular complexity index is 349. The van der Waals surface area contributed by atoms with E-state index in [1.807, 2.05) is 13.0 Å². The summed E-state index contributed by atoms with van der Waals surface area (Å²) < 4.78 is 13.5. The van der Waals surface area contributed by atoms with Crippen LogP contribution in [0.15, 0.2) is 18.2 Å². The van der Waals surface area contributed by atoms with Crippen LogP contribution in [-0.4, -0.2) is 5.78 Å². The normalized spacial score (nSPS) is 12.6. The average Bonchev–Trinajstić information content (AvgIpc) is 2.16. The monoisotopic (exact) mass is 258 g/mol. The highest BCUT2D eigenvalue weighted by atomic mass is 79.9. The Kier molecular flexibility index (Phi) is 3.81. The van der Waals surface area contributed by atoms with E-state index in [1.165, 1.54) is 13.0 Å². The van der Waals surface area contributed by atoms with Crippen molar-refractivity contribution in [2.24, 2.45) is 0 Å². The number of hydrogen-bond donors (Lipinski definition) is 0. The van der Waals surface area contributed by atoms with Crippen LogP contribution in [0.2, 0.25) is 0 Å². The molecule has 1 nitrogen and oxygen atoms in total. The highest BCUT2D eigenvalue weighted by Crippen LogP contribution is 2.29. The summed E-state index contributed by atoms with van der Waals surface area (Å²) in [5.41, 5.74) is 1.35. The van der Waals surface area contributed by atoms with Crippen LogP contribution in [0.5, 0.6) is 0 Å². The first-order valence-electron chi connectivity index (χ1n) is 4.49. The summed E-state index contributed by atoms with van der Waals surface area (Å²) in [5, 5.41) is 0. The zero-order valence-corrected chi connectivity index (χ0v) is 9.77. The molecule has 0 amide bonds. The van der Waals surface area contributed by atoms with Gasteiger partial charge in [0, 0.05) is 5.56 Å². The van der Waals surface area contributed by atoms with Gasteiger partial charge in [0.2, 0.25) is 0 Å². The molecule has 3 heteroatoms. The molecular weight excluding hydrogens is 247 g/mol. The average molecular weight is 259 g/mol. The van der Waals surface area contributed by atoms with Gasteiger partial charge in [0.05, 0.1) is 0 Å². The van der Waals surface area contributed by atoms with Gasteiger partial charge in [-0.2, -0.15) is 0 Å². The molecule has 76 valence electrons. The standard InChI is InChI=1S/C11H12BrFO/c1-3-8-5-4-6-9(13)10(8)11(12)7(2)14/h4-6,11H,3H2,1-2H3. The zero-order valence-electron chi connectivity index (χ0n) is 8.18. The highest BCUT2D eigenvalue weighted by molar-refractivity contribution is 9.09. The number of carbonyl (C=O) groups excluding carboxylic acids is 1. The molecule has 0 fully saturated rings. The van der Waals surface area contributed by atoms with Gasteiger partial charge in [-0.3, -0.25) is 4.79 Å². The van der Waals surface area contributed by atoms with Crippen molar-refractivity contribution in [1.29, 1.82) is 0 Å². The lowest BCUT2D eigenvalue weighted by Crippen LogP contribution is -2.07. The molecule has 0 aliphatic carbocycles. The van der Waals surface area contributed by atoms with E-state index >= 15 is 0 Å². The SMILES string of the molecule is CCc1cccc(F)c1C(Br)C(C)=O. The van der Waals surface area contributed by atoms with E-state index in [4.69, 9.17) is 0 Å². The summed E-state index contributed by atoms with van der Waals surface area (Å²) in [5.74, 6) is -0.397. The predicted molar refractivity (Wildman–Crippen MR) is 58.1 cm³/mol. The fraction of sp³-hybridized carbons (Fsp3) is 0.364. The maximum Gasteiger partial charge on any atom is 0.147 e. The third kappa shape index (κ3) is 2.21. The molecule has 0 radical (unpaired) electrons. The molecule has 1 aromatic rings. The van der Waals surface area contributed by atoms with Crippen molar-refractivity contribution in [2.75, 3.05) is 0 Å². The number of halogens is 2. The molecule has 0 N–H and O–H groups in total. The van der Waals surface area contributed by atoms with Gasteiger partial charge < -0.3 is 0 Å². The van der Waals surface area contributed by atoms with Gasteiger partial charge in [-0.1, -0.05) is 35.0 Å². The van der Waals surface area contributed by atoms with Crippen LogP contribution in [0.4, 0.5) is 4.39 Å². The number of alkyl halides is 1. The number of ketones is 1. The topological polar surface area (TPSA) is 17.1 Å². The van der Waals surface area contributed by atoms with Gasteiger partial charge in [0.1, 0.15) is 16.4 Å². The van der Waals surface area contributed by atoms with Crippen LogP contribution < -0.4 is 0 Å². The van der Waals surface area contributed by atoms with Gasteiger partial charge in [0.15, 0.2) is 0 Å². The Balaban J connectivity index is 3.23. The van der Waals surface area contributed by atoms with Crippen molar-refractivity contribution in [3.8, 4) is 0 Å². The molecular formula is C11H12BrFO. The molecule has 0 heterocycles. The van der Waals surface area contributed by atoms with Crippen molar-refractivity contribution < 1.29 is 9.18 Å². The fourth-order valence-electron chi connectivity index (χ4n) is 1.38. The summed E-state index contributed by atoms with van der Waals surface area (Å²) in [6.07, 6.45) is 0.725. The van der Waals surface area contributed by atoms with Crippen LogP contribution in [0.1, 0.15) is 29.8 Å². The van der Waals surface area contributed by atoms with Crippen LogP contribution >= 0.6 is 15.9 Å². The summed E-state index contributed by atoms with van der Waals surface area (Å²) in [6, 6.07) is 4.89. The maximum absolute atomic E-state index is 13.5. The Morgan fingerprint density at radius 1 is 1.57 bits per heavy atom. The van der Waals surface area contributed by atoms with Crippen molar-refractivity contribution in [2.45, 2.75) is 25.1 Å². The minimum Gasteiger partial charge on any atom is -0.298 e. The molecule has 0 saturated heterocycles. The minimum absolute atomic E-state index is 0.0789. The number of benzene rings is 1. The van der Waals surface area contributed by atoms with Crippen LogP contribution in [0.25, 0.3) is 0 Å². The van der Waals surface area contributed by atoms with E-state index in [0.29, 0.717) is 5.56 Å². The lowest BCUT2D eigenvalue weighted by atomic mass is 10.0.